The maximum Gasteiger partial charge on any atom is 0.208 e. The van der Waals surface area contributed by atoms with Gasteiger partial charge in [0.25, 0.3) is 0 Å². The lowest BCUT2D eigenvalue weighted by Crippen LogP contribution is -2.30. The van der Waals surface area contributed by atoms with Gasteiger partial charge in [0, 0.05) is 38.4 Å². The summed E-state index contributed by atoms with van der Waals surface area (Å²) in [7, 11) is -1.71. The van der Waals surface area contributed by atoms with Crippen molar-refractivity contribution in [2.24, 2.45) is 0 Å². The highest BCUT2D eigenvalue weighted by Crippen LogP contribution is 2.35. The van der Waals surface area contributed by atoms with Gasteiger partial charge in [-0.3, -0.25) is 0 Å². The molecule has 31 heavy (non-hydrogen) atoms. The second kappa shape index (κ2) is 10.5. The lowest BCUT2D eigenvalue weighted by atomic mass is 10.2. The molecule has 0 atom stereocenters. The fourth-order valence-electron chi connectivity index (χ4n) is 4.14. The van der Waals surface area contributed by atoms with Gasteiger partial charge in [-0.25, -0.2) is 12.8 Å². The van der Waals surface area contributed by atoms with Crippen molar-refractivity contribution in [3.05, 3.63) is 48.3 Å². The van der Waals surface area contributed by atoms with Crippen LogP contribution in [0.4, 0.5) is 15.8 Å². The van der Waals surface area contributed by atoms with Gasteiger partial charge in [-0.2, -0.15) is 0 Å². The standard InChI is InChI=1S/C24H34FN3O2S/c1-4-12-28(13-5-2)23-19-21(27-15-7-14-26(3)16-17-27)10-11-24(23)31(29,30)22-9-6-8-20(25)18-22/h6,8-11,18-19H,4-5,7,12-17H2,1-3H3. The second-order valence-corrected chi connectivity index (χ2v) is 10.2. The summed E-state index contributed by atoms with van der Waals surface area (Å²) in [5.41, 5.74) is 1.75. The van der Waals surface area contributed by atoms with Crippen LogP contribution in [0.1, 0.15) is 33.1 Å². The highest BCUT2D eigenvalue weighted by Gasteiger charge is 2.26. The molecule has 1 aliphatic heterocycles. The zero-order valence-electron chi connectivity index (χ0n) is 18.8. The summed E-state index contributed by atoms with van der Waals surface area (Å²) in [4.78, 5) is 7.05. The molecule has 1 aliphatic rings. The van der Waals surface area contributed by atoms with Crippen molar-refractivity contribution in [2.45, 2.75) is 42.9 Å². The number of hydrogen-bond donors (Lipinski definition) is 0. The topological polar surface area (TPSA) is 43.9 Å². The van der Waals surface area contributed by atoms with E-state index in [2.05, 4.69) is 35.6 Å². The van der Waals surface area contributed by atoms with Crippen molar-refractivity contribution in [3.8, 4) is 0 Å². The van der Waals surface area contributed by atoms with Crippen LogP contribution in [0.5, 0.6) is 0 Å². The summed E-state index contributed by atoms with van der Waals surface area (Å²) in [6, 6.07) is 10.9. The van der Waals surface area contributed by atoms with Crippen LogP contribution in [0.3, 0.4) is 0 Å². The van der Waals surface area contributed by atoms with E-state index in [4.69, 9.17) is 0 Å². The SMILES string of the molecule is CCCN(CCC)c1cc(N2CCCN(C)CC2)ccc1S(=O)(=O)c1cccc(F)c1. The van der Waals surface area contributed by atoms with Gasteiger partial charge in [-0.05, 0) is 69.3 Å². The minimum atomic E-state index is -3.85. The maximum atomic E-state index is 13.8. The summed E-state index contributed by atoms with van der Waals surface area (Å²) in [6.45, 7) is 9.63. The molecule has 7 heteroatoms. The first-order valence-electron chi connectivity index (χ1n) is 11.2. The van der Waals surface area contributed by atoms with Crippen LogP contribution < -0.4 is 9.80 Å². The molecule has 0 bridgehead atoms. The monoisotopic (exact) mass is 447 g/mol. The van der Waals surface area contributed by atoms with Crippen molar-refractivity contribution >= 4 is 21.2 Å². The fraction of sp³-hybridized carbons (Fsp3) is 0.500. The summed E-state index contributed by atoms with van der Waals surface area (Å²) < 4.78 is 40.8. The van der Waals surface area contributed by atoms with Crippen LogP contribution in [0, 0.1) is 5.82 Å². The van der Waals surface area contributed by atoms with E-state index in [1.54, 1.807) is 6.07 Å². The molecule has 0 N–H and O–H groups in total. The van der Waals surface area contributed by atoms with Gasteiger partial charge >= 0.3 is 0 Å². The van der Waals surface area contributed by atoms with Crippen LogP contribution in [0.25, 0.3) is 0 Å². The molecule has 0 aromatic heterocycles. The van der Waals surface area contributed by atoms with Crippen LogP contribution in [0.2, 0.25) is 0 Å². The Morgan fingerprint density at radius 1 is 0.968 bits per heavy atom. The third-order valence-corrected chi connectivity index (χ3v) is 7.55. The number of hydrogen-bond acceptors (Lipinski definition) is 5. The fourth-order valence-corrected chi connectivity index (χ4v) is 5.63. The Labute approximate surface area is 186 Å². The Morgan fingerprint density at radius 3 is 2.39 bits per heavy atom. The zero-order chi connectivity index (χ0) is 22.4. The van der Waals surface area contributed by atoms with Crippen LogP contribution >= 0.6 is 0 Å². The molecule has 1 fully saturated rings. The van der Waals surface area contributed by atoms with E-state index in [-0.39, 0.29) is 9.79 Å². The van der Waals surface area contributed by atoms with Crippen LogP contribution in [0.15, 0.2) is 52.3 Å². The number of likely N-dealkylation sites (N-methyl/N-ethyl adjacent to an activating group) is 1. The number of halogens is 1. The van der Waals surface area contributed by atoms with Gasteiger partial charge in [0.15, 0.2) is 0 Å². The molecule has 0 spiro atoms. The van der Waals surface area contributed by atoms with Crippen molar-refractivity contribution in [2.75, 3.05) is 56.1 Å². The van der Waals surface area contributed by atoms with Crippen LogP contribution in [-0.2, 0) is 9.84 Å². The lowest BCUT2D eigenvalue weighted by Gasteiger charge is -2.29. The summed E-state index contributed by atoms with van der Waals surface area (Å²) in [5.74, 6) is -0.549. The van der Waals surface area contributed by atoms with Crippen molar-refractivity contribution in [1.29, 1.82) is 0 Å². The highest BCUT2D eigenvalue weighted by molar-refractivity contribution is 7.91. The molecule has 0 aliphatic carbocycles. The molecule has 170 valence electrons. The molecule has 0 radical (unpaired) electrons. The number of rotatable bonds is 8. The van der Waals surface area contributed by atoms with Gasteiger partial charge < -0.3 is 14.7 Å². The Kier molecular flexibility index (Phi) is 7.94. The third-order valence-electron chi connectivity index (χ3n) is 5.75. The normalized spacial score (nSPS) is 15.7. The van der Waals surface area contributed by atoms with Crippen molar-refractivity contribution in [1.82, 2.24) is 4.90 Å². The molecule has 2 aromatic carbocycles. The summed E-state index contributed by atoms with van der Waals surface area (Å²) in [6.07, 6.45) is 2.90. The Bertz CT molecular complexity index is 975. The Morgan fingerprint density at radius 2 is 1.71 bits per heavy atom. The quantitative estimate of drug-likeness (QED) is 0.599. The molecule has 1 heterocycles. The molecule has 5 nitrogen and oxygen atoms in total. The van der Waals surface area contributed by atoms with Gasteiger partial charge in [-0.1, -0.05) is 19.9 Å². The van der Waals surface area contributed by atoms with E-state index in [9.17, 15) is 12.8 Å². The molecule has 1 saturated heterocycles. The first kappa shape index (κ1) is 23.5. The van der Waals surface area contributed by atoms with Crippen molar-refractivity contribution in [3.63, 3.8) is 0 Å². The van der Waals surface area contributed by atoms with Gasteiger partial charge in [0.05, 0.1) is 15.5 Å². The Hall–Kier alpha value is -2.12. The van der Waals surface area contributed by atoms with Crippen molar-refractivity contribution < 1.29 is 12.8 Å². The molecule has 3 rings (SSSR count). The van der Waals surface area contributed by atoms with Gasteiger partial charge in [-0.15, -0.1) is 0 Å². The zero-order valence-corrected chi connectivity index (χ0v) is 19.7. The maximum absolute atomic E-state index is 13.8. The molecule has 0 unspecified atom stereocenters. The minimum Gasteiger partial charge on any atom is -0.370 e. The van der Waals surface area contributed by atoms with E-state index >= 15 is 0 Å². The predicted octanol–water partition coefficient (Wildman–Crippen LogP) is 4.43. The molecular weight excluding hydrogens is 413 g/mol. The predicted molar refractivity (Wildman–Crippen MR) is 125 cm³/mol. The van der Waals surface area contributed by atoms with E-state index in [0.29, 0.717) is 5.69 Å². The molecule has 0 amide bonds. The Balaban J connectivity index is 2.09. The number of benzene rings is 2. The largest absolute Gasteiger partial charge is 0.370 e. The van der Waals surface area contributed by atoms with Gasteiger partial charge in [0.1, 0.15) is 5.82 Å². The number of anilines is 2. The molecule has 0 saturated carbocycles. The molecule has 2 aromatic rings. The van der Waals surface area contributed by atoms with E-state index in [1.807, 2.05) is 12.1 Å². The average Bonchev–Trinajstić information content (AvgIpc) is 2.97. The number of nitrogens with zero attached hydrogens (tertiary/aromatic N) is 3. The summed E-state index contributed by atoms with van der Waals surface area (Å²) in [5, 5.41) is 0. The molecular formula is C24H34FN3O2S. The first-order valence-corrected chi connectivity index (χ1v) is 12.7. The van der Waals surface area contributed by atoms with E-state index in [1.165, 1.54) is 18.2 Å². The minimum absolute atomic E-state index is 0.00848. The van der Waals surface area contributed by atoms with Crippen LogP contribution in [-0.4, -0.2) is 59.6 Å². The third kappa shape index (κ3) is 5.57. The second-order valence-electron chi connectivity index (χ2n) is 8.24. The highest BCUT2D eigenvalue weighted by atomic mass is 32.2. The van der Waals surface area contributed by atoms with Gasteiger partial charge in [0.2, 0.25) is 9.84 Å². The summed E-state index contributed by atoms with van der Waals surface area (Å²) >= 11 is 0. The number of sulfone groups is 1. The average molecular weight is 448 g/mol. The lowest BCUT2D eigenvalue weighted by molar-refractivity contribution is 0.360. The smallest absolute Gasteiger partial charge is 0.208 e. The first-order chi connectivity index (χ1) is 14.9. The van der Waals surface area contributed by atoms with E-state index < -0.39 is 15.7 Å². The van der Waals surface area contributed by atoms with E-state index in [0.717, 1.165) is 70.3 Å².